The fourth-order valence-electron chi connectivity index (χ4n) is 1.76. The third-order valence-electron chi connectivity index (χ3n) is 2.62. The lowest BCUT2D eigenvalue weighted by Crippen LogP contribution is -2.34. The summed E-state index contributed by atoms with van der Waals surface area (Å²) in [6.07, 6.45) is -1.29. The molecule has 0 fully saturated rings. The molecule has 0 saturated carbocycles. The van der Waals surface area contributed by atoms with E-state index >= 15 is 0 Å². The summed E-state index contributed by atoms with van der Waals surface area (Å²) in [6.45, 7) is 1.04. The van der Waals surface area contributed by atoms with Crippen LogP contribution in [0.3, 0.4) is 0 Å². The molecule has 4 nitrogen and oxygen atoms in total. The van der Waals surface area contributed by atoms with Crippen LogP contribution < -0.4 is 0 Å². The molecule has 0 amide bonds. The molecule has 18 heavy (non-hydrogen) atoms. The number of rotatable bonds is 7. The molecule has 0 bridgehead atoms. The lowest BCUT2D eigenvalue weighted by molar-refractivity contribution is 0.0318. The van der Waals surface area contributed by atoms with E-state index in [0.29, 0.717) is 18.7 Å². The molecule has 0 aliphatic carbocycles. The number of benzene rings is 1. The predicted molar refractivity (Wildman–Crippen MR) is 66.7 cm³/mol. The van der Waals surface area contributed by atoms with Crippen LogP contribution >= 0.6 is 0 Å². The maximum Gasteiger partial charge on any atom is 0.123 e. The molecule has 0 saturated heterocycles. The van der Waals surface area contributed by atoms with E-state index in [2.05, 4.69) is 0 Å². The van der Waals surface area contributed by atoms with Gasteiger partial charge in [0.1, 0.15) is 5.82 Å². The first-order valence-electron chi connectivity index (χ1n) is 5.82. The molecule has 0 spiro atoms. The van der Waals surface area contributed by atoms with Crippen molar-refractivity contribution in [2.24, 2.45) is 0 Å². The summed E-state index contributed by atoms with van der Waals surface area (Å²) in [5.41, 5.74) is 0.657. The Morgan fingerprint density at radius 2 is 1.83 bits per heavy atom. The number of aliphatic hydroxyl groups is 2. The molecule has 0 aliphatic rings. The average Bonchev–Trinajstić information content (AvgIpc) is 2.29. The Balaban J connectivity index is 2.43. The number of hydrogen-bond donors (Lipinski definition) is 2. The van der Waals surface area contributed by atoms with Gasteiger partial charge < -0.3 is 19.8 Å². The smallest absolute Gasteiger partial charge is 0.123 e. The SMILES string of the molecule is COC[C@H](O)CN(C)C[C@H](O)c1ccc(F)cc1. The van der Waals surface area contributed by atoms with Gasteiger partial charge in [-0.05, 0) is 24.7 Å². The predicted octanol–water partition coefficient (Wildman–Crippen LogP) is 0.798. The molecule has 0 heterocycles. The van der Waals surface area contributed by atoms with Gasteiger partial charge in [0.15, 0.2) is 0 Å². The van der Waals surface area contributed by atoms with Crippen molar-refractivity contribution in [1.82, 2.24) is 4.90 Å². The van der Waals surface area contributed by atoms with Crippen LogP contribution in [0.15, 0.2) is 24.3 Å². The first-order valence-corrected chi connectivity index (χ1v) is 5.82. The van der Waals surface area contributed by atoms with Crippen molar-refractivity contribution >= 4 is 0 Å². The Labute approximate surface area is 107 Å². The Bertz CT molecular complexity index is 345. The second-order valence-corrected chi connectivity index (χ2v) is 4.40. The zero-order valence-electron chi connectivity index (χ0n) is 10.7. The summed E-state index contributed by atoms with van der Waals surface area (Å²) >= 11 is 0. The molecule has 2 N–H and O–H groups in total. The van der Waals surface area contributed by atoms with Crippen LogP contribution in [0.1, 0.15) is 11.7 Å². The Kier molecular flexibility index (Phi) is 6.21. The number of methoxy groups -OCH3 is 1. The highest BCUT2D eigenvalue weighted by Crippen LogP contribution is 2.14. The first kappa shape index (κ1) is 15.0. The number of hydrogen-bond acceptors (Lipinski definition) is 4. The molecule has 0 radical (unpaired) electrons. The summed E-state index contributed by atoms with van der Waals surface area (Å²) < 4.78 is 17.6. The van der Waals surface area contributed by atoms with Gasteiger partial charge in [0.25, 0.3) is 0 Å². The van der Waals surface area contributed by atoms with Crippen molar-refractivity contribution in [2.45, 2.75) is 12.2 Å². The van der Waals surface area contributed by atoms with Crippen LogP contribution in [-0.4, -0.2) is 55.1 Å². The maximum atomic E-state index is 12.7. The fraction of sp³-hybridized carbons (Fsp3) is 0.538. The molecule has 102 valence electrons. The highest BCUT2D eigenvalue weighted by atomic mass is 19.1. The third-order valence-corrected chi connectivity index (χ3v) is 2.62. The van der Waals surface area contributed by atoms with Gasteiger partial charge in [-0.1, -0.05) is 12.1 Å². The van der Waals surface area contributed by atoms with Crippen LogP contribution in [0.5, 0.6) is 0 Å². The van der Waals surface area contributed by atoms with Crippen molar-refractivity contribution in [2.75, 3.05) is 33.9 Å². The zero-order chi connectivity index (χ0) is 13.5. The summed E-state index contributed by atoms with van der Waals surface area (Å²) in [4.78, 5) is 1.80. The topological polar surface area (TPSA) is 52.9 Å². The summed E-state index contributed by atoms with van der Waals surface area (Å²) in [6, 6.07) is 5.75. The van der Waals surface area contributed by atoms with E-state index in [1.165, 1.54) is 19.2 Å². The van der Waals surface area contributed by atoms with E-state index in [4.69, 9.17) is 4.74 Å². The lowest BCUT2D eigenvalue weighted by atomic mass is 10.1. The van der Waals surface area contributed by atoms with E-state index in [1.54, 1.807) is 24.1 Å². The molecular formula is C13H20FNO3. The number of nitrogens with zero attached hydrogens (tertiary/aromatic N) is 1. The normalized spacial score (nSPS) is 14.8. The molecule has 1 rings (SSSR count). The number of likely N-dealkylation sites (N-methyl/N-ethyl adjacent to an activating group) is 1. The van der Waals surface area contributed by atoms with E-state index < -0.39 is 12.2 Å². The van der Waals surface area contributed by atoms with Gasteiger partial charge >= 0.3 is 0 Å². The minimum atomic E-state index is -0.703. The number of ether oxygens (including phenoxy) is 1. The van der Waals surface area contributed by atoms with Gasteiger partial charge in [0.2, 0.25) is 0 Å². The lowest BCUT2D eigenvalue weighted by Gasteiger charge is -2.23. The first-order chi connectivity index (χ1) is 8.52. The van der Waals surface area contributed by atoms with E-state index in [9.17, 15) is 14.6 Å². The second-order valence-electron chi connectivity index (χ2n) is 4.40. The van der Waals surface area contributed by atoms with Gasteiger partial charge in [0, 0.05) is 20.2 Å². The van der Waals surface area contributed by atoms with Crippen LogP contribution in [-0.2, 0) is 4.74 Å². The van der Waals surface area contributed by atoms with E-state index in [0.717, 1.165) is 0 Å². The largest absolute Gasteiger partial charge is 0.389 e. The summed E-state index contributed by atoms with van der Waals surface area (Å²) in [5, 5.41) is 19.5. The number of halogens is 1. The molecule has 1 aromatic carbocycles. The van der Waals surface area contributed by atoms with Crippen molar-refractivity contribution in [3.8, 4) is 0 Å². The Hall–Kier alpha value is -1.01. The molecule has 0 aromatic heterocycles. The zero-order valence-corrected chi connectivity index (χ0v) is 10.7. The molecule has 2 atom stereocenters. The molecule has 1 aromatic rings. The van der Waals surface area contributed by atoms with Crippen LogP contribution in [0.25, 0.3) is 0 Å². The van der Waals surface area contributed by atoms with Gasteiger partial charge in [-0.3, -0.25) is 0 Å². The van der Waals surface area contributed by atoms with Crippen LogP contribution in [0, 0.1) is 5.82 Å². The van der Waals surface area contributed by atoms with Gasteiger partial charge in [-0.25, -0.2) is 4.39 Å². The van der Waals surface area contributed by atoms with Gasteiger partial charge in [-0.15, -0.1) is 0 Å². The molecule has 5 heteroatoms. The molecule has 0 aliphatic heterocycles. The maximum absolute atomic E-state index is 12.7. The third kappa shape index (κ3) is 5.10. The summed E-state index contributed by atoms with van der Waals surface area (Å²) in [7, 11) is 3.32. The van der Waals surface area contributed by atoms with Crippen molar-refractivity contribution in [3.63, 3.8) is 0 Å². The van der Waals surface area contributed by atoms with Crippen LogP contribution in [0.4, 0.5) is 4.39 Å². The fourth-order valence-corrected chi connectivity index (χ4v) is 1.76. The Morgan fingerprint density at radius 3 is 2.39 bits per heavy atom. The van der Waals surface area contributed by atoms with Gasteiger partial charge in [-0.2, -0.15) is 0 Å². The minimum Gasteiger partial charge on any atom is -0.389 e. The standard InChI is InChI=1S/C13H20FNO3/c1-15(7-12(16)9-18-2)8-13(17)10-3-5-11(14)6-4-10/h3-6,12-13,16-17H,7-9H2,1-2H3/t12-,13+/m1/s1. The quantitative estimate of drug-likeness (QED) is 0.758. The van der Waals surface area contributed by atoms with Crippen LogP contribution in [0.2, 0.25) is 0 Å². The number of aliphatic hydroxyl groups excluding tert-OH is 2. The monoisotopic (exact) mass is 257 g/mol. The molecular weight excluding hydrogens is 237 g/mol. The van der Waals surface area contributed by atoms with Crippen molar-refractivity contribution in [3.05, 3.63) is 35.6 Å². The average molecular weight is 257 g/mol. The van der Waals surface area contributed by atoms with E-state index in [-0.39, 0.29) is 12.4 Å². The van der Waals surface area contributed by atoms with E-state index in [1.807, 2.05) is 0 Å². The minimum absolute atomic E-state index is 0.261. The highest BCUT2D eigenvalue weighted by molar-refractivity contribution is 5.18. The second kappa shape index (κ2) is 7.43. The highest BCUT2D eigenvalue weighted by Gasteiger charge is 2.13. The van der Waals surface area contributed by atoms with Gasteiger partial charge in [0.05, 0.1) is 18.8 Å². The van der Waals surface area contributed by atoms with Crippen molar-refractivity contribution in [1.29, 1.82) is 0 Å². The van der Waals surface area contributed by atoms with Crippen molar-refractivity contribution < 1.29 is 19.3 Å². The molecule has 0 unspecified atom stereocenters. The Morgan fingerprint density at radius 1 is 1.22 bits per heavy atom. The summed E-state index contributed by atoms with van der Waals surface area (Å²) in [5.74, 6) is -0.324.